The highest BCUT2D eigenvalue weighted by molar-refractivity contribution is 5.74. The summed E-state index contributed by atoms with van der Waals surface area (Å²) in [7, 11) is 0. The van der Waals surface area contributed by atoms with E-state index in [0.717, 1.165) is 18.8 Å². The van der Waals surface area contributed by atoms with Crippen molar-refractivity contribution >= 4 is 5.91 Å². The van der Waals surface area contributed by atoms with Crippen molar-refractivity contribution in [1.29, 1.82) is 0 Å². The second kappa shape index (κ2) is 13.9. The van der Waals surface area contributed by atoms with Gasteiger partial charge in [0.05, 0.1) is 0 Å². The summed E-state index contributed by atoms with van der Waals surface area (Å²) < 4.78 is 0. The molecule has 0 aromatic heterocycles. The van der Waals surface area contributed by atoms with Crippen LogP contribution in [0.5, 0.6) is 0 Å². The predicted molar refractivity (Wildman–Crippen MR) is 80.2 cm³/mol. The molecular formula is C16H33NO2. The fourth-order valence-electron chi connectivity index (χ4n) is 2.42. The molecule has 0 aliphatic carbocycles. The van der Waals surface area contributed by atoms with E-state index in [9.17, 15) is 4.79 Å². The largest absolute Gasteiger partial charge is 0.289 e. The molecule has 0 aromatic carbocycles. The Morgan fingerprint density at radius 3 is 2.05 bits per heavy atom. The highest BCUT2D eigenvalue weighted by Gasteiger charge is 2.01. The van der Waals surface area contributed by atoms with Crippen LogP contribution in [0.2, 0.25) is 0 Å². The molecule has 0 rings (SSSR count). The minimum absolute atomic E-state index is 0.263. The number of rotatable bonds is 13. The van der Waals surface area contributed by atoms with Crippen LogP contribution in [0.1, 0.15) is 90.9 Å². The zero-order valence-corrected chi connectivity index (χ0v) is 12.9. The third-order valence-corrected chi connectivity index (χ3v) is 3.78. The number of hydrogen-bond donors (Lipinski definition) is 2. The van der Waals surface area contributed by atoms with Gasteiger partial charge in [0.1, 0.15) is 0 Å². The molecule has 0 heterocycles. The number of carbonyl (C=O) groups is 1. The molecule has 0 aliphatic rings. The van der Waals surface area contributed by atoms with Gasteiger partial charge in [0, 0.05) is 6.42 Å². The highest BCUT2D eigenvalue weighted by Crippen LogP contribution is 2.17. The third kappa shape index (κ3) is 13.7. The van der Waals surface area contributed by atoms with Crippen molar-refractivity contribution in [3.05, 3.63) is 0 Å². The zero-order valence-electron chi connectivity index (χ0n) is 12.9. The maximum atomic E-state index is 10.8. The second-order valence-electron chi connectivity index (χ2n) is 5.80. The Kier molecular flexibility index (Phi) is 13.4. The number of hydroxylamine groups is 1. The maximum Gasteiger partial charge on any atom is 0.243 e. The van der Waals surface area contributed by atoms with Crippen LogP contribution in [0.25, 0.3) is 0 Å². The minimum Gasteiger partial charge on any atom is -0.289 e. The first kappa shape index (κ1) is 18.4. The van der Waals surface area contributed by atoms with Crippen molar-refractivity contribution in [3.8, 4) is 0 Å². The smallest absolute Gasteiger partial charge is 0.243 e. The monoisotopic (exact) mass is 271 g/mol. The number of amides is 1. The van der Waals surface area contributed by atoms with Gasteiger partial charge in [-0.15, -0.1) is 0 Å². The summed E-state index contributed by atoms with van der Waals surface area (Å²) >= 11 is 0. The summed E-state index contributed by atoms with van der Waals surface area (Å²) in [6.07, 6.45) is 14.5. The van der Waals surface area contributed by atoms with Gasteiger partial charge in [-0.1, -0.05) is 78.1 Å². The van der Waals surface area contributed by atoms with Crippen molar-refractivity contribution in [3.63, 3.8) is 0 Å². The van der Waals surface area contributed by atoms with Gasteiger partial charge in [0.15, 0.2) is 0 Å². The first-order valence-corrected chi connectivity index (χ1v) is 8.13. The zero-order chi connectivity index (χ0) is 14.3. The molecule has 1 atom stereocenters. The van der Waals surface area contributed by atoms with E-state index >= 15 is 0 Å². The molecule has 0 aromatic rings. The van der Waals surface area contributed by atoms with E-state index < -0.39 is 0 Å². The first-order valence-electron chi connectivity index (χ1n) is 8.13. The molecule has 0 radical (unpaired) electrons. The van der Waals surface area contributed by atoms with Gasteiger partial charge in [-0.3, -0.25) is 10.0 Å². The van der Waals surface area contributed by atoms with Crippen molar-refractivity contribution in [1.82, 2.24) is 5.48 Å². The van der Waals surface area contributed by atoms with Gasteiger partial charge in [-0.05, 0) is 12.3 Å². The Morgan fingerprint density at radius 2 is 1.47 bits per heavy atom. The van der Waals surface area contributed by atoms with Gasteiger partial charge in [-0.25, -0.2) is 5.48 Å². The van der Waals surface area contributed by atoms with Crippen LogP contribution in [0.15, 0.2) is 0 Å². The molecule has 19 heavy (non-hydrogen) atoms. The Labute approximate surface area is 119 Å². The van der Waals surface area contributed by atoms with E-state index in [-0.39, 0.29) is 5.91 Å². The van der Waals surface area contributed by atoms with Crippen LogP contribution < -0.4 is 5.48 Å². The van der Waals surface area contributed by atoms with Crippen molar-refractivity contribution in [2.45, 2.75) is 90.9 Å². The SMILES string of the molecule is CCCCC(C)CCCCCCCCCC(=O)NO. The molecule has 0 bridgehead atoms. The summed E-state index contributed by atoms with van der Waals surface area (Å²) in [6, 6.07) is 0. The Balaban J connectivity index is 3.12. The van der Waals surface area contributed by atoms with Crippen LogP contribution in [0.4, 0.5) is 0 Å². The third-order valence-electron chi connectivity index (χ3n) is 3.78. The fourth-order valence-corrected chi connectivity index (χ4v) is 2.42. The van der Waals surface area contributed by atoms with E-state index in [0.29, 0.717) is 6.42 Å². The summed E-state index contributed by atoms with van der Waals surface area (Å²) in [5.74, 6) is 0.637. The predicted octanol–water partition coefficient (Wildman–Crippen LogP) is 4.83. The quantitative estimate of drug-likeness (QED) is 0.286. The standard InChI is InChI=1S/C16H33NO2/c1-3-4-12-15(2)13-10-8-6-5-7-9-11-14-16(18)17-19/h15,19H,3-14H2,1-2H3,(H,17,18). The number of hydrogen-bond acceptors (Lipinski definition) is 2. The lowest BCUT2D eigenvalue weighted by atomic mass is 9.97. The van der Waals surface area contributed by atoms with E-state index in [4.69, 9.17) is 5.21 Å². The lowest BCUT2D eigenvalue weighted by molar-refractivity contribution is -0.129. The van der Waals surface area contributed by atoms with E-state index in [2.05, 4.69) is 13.8 Å². The Morgan fingerprint density at radius 1 is 0.947 bits per heavy atom. The molecule has 0 saturated heterocycles. The topological polar surface area (TPSA) is 49.3 Å². The number of unbranched alkanes of at least 4 members (excludes halogenated alkanes) is 7. The molecule has 3 heteroatoms. The normalized spacial score (nSPS) is 12.4. The number of nitrogens with one attached hydrogen (secondary N) is 1. The maximum absolute atomic E-state index is 10.8. The van der Waals surface area contributed by atoms with Gasteiger partial charge >= 0.3 is 0 Å². The Bertz CT molecular complexity index is 207. The highest BCUT2D eigenvalue weighted by atomic mass is 16.5. The molecule has 0 fully saturated rings. The van der Waals surface area contributed by atoms with E-state index in [1.165, 1.54) is 57.8 Å². The molecule has 1 amide bonds. The molecular weight excluding hydrogens is 238 g/mol. The lowest BCUT2D eigenvalue weighted by Gasteiger charge is -2.10. The van der Waals surface area contributed by atoms with Crippen LogP contribution >= 0.6 is 0 Å². The molecule has 0 aliphatic heterocycles. The number of carbonyl (C=O) groups excluding carboxylic acids is 1. The second-order valence-corrected chi connectivity index (χ2v) is 5.80. The molecule has 1 unspecified atom stereocenters. The van der Waals surface area contributed by atoms with Gasteiger partial charge < -0.3 is 0 Å². The van der Waals surface area contributed by atoms with E-state index in [1.54, 1.807) is 5.48 Å². The van der Waals surface area contributed by atoms with Crippen LogP contribution in [0, 0.1) is 5.92 Å². The summed E-state index contributed by atoms with van der Waals surface area (Å²) in [5.41, 5.74) is 1.67. The van der Waals surface area contributed by atoms with Crippen molar-refractivity contribution < 1.29 is 10.0 Å². The van der Waals surface area contributed by atoms with Crippen molar-refractivity contribution in [2.75, 3.05) is 0 Å². The molecule has 114 valence electrons. The average Bonchev–Trinajstić information content (AvgIpc) is 2.42. The average molecular weight is 271 g/mol. The minimum atomic E-state index is -0.263. The molecule has 0 spiro atoms. The van der Waals surface area contributed by atoms with Gasteiger partial charge in [0.25, 0.3) is 0 Å². The summed E-state index contributed by atoms with van der Waals surface area (Å²) in [4.78, 5) is 10.8. The summed E-state index contributed by atoms with van der Waals surface area (Å²) in [5, 5.41) is 8.33. The van der Waals surface area contributed by atoms with Gasteiger partial charge in [0.2, 0.25) is 5.91 Å². The fraction of sp³-hybridized carbons (Fsp3) is 0.938. The molecule has 0 saturated carbocycles. The van der Waals surface area contributed by atoms with Crippen LogP contribution in [-0.2, 0) is 4.79 Å². The van der Waals surface area contributed by atoms with Crippen LogP contribution in [0.3, 0.4) is 0 Å². The lowest BCUT2D eigenvalue weighted by Crippen LogP contribution is -2.17. The molecule has 2 N–H and O–H groups in total. The Hall–Kier alpha value is -0.570. The van der Waals surface area contributed by atoms with E-state index in [1.807, 2.05) is 0 Å². The van der Waals surface area contributed by atoms with Gasteiger partial charge in [-0.2, -0.15) is 0 Å². The first-order chi connectivity index (χ1) is 9.20. The van der Waals surface area contributed by atoms with Crippen LogP contribution in [-0.4, -0.2) is 11.1 Å². The molecule has 3 nitrogen and oxygen atoms in total. The summed E-state index contributed by atoms with van der Waals surface area (Å²) in [6.45, 7) is 4.64. The van der Waals surface area contributed by atoms with Crippen molar-refractivity contribution in [2.24, 2.45) is 5.92 Å².